The van der Waals surface area contributed by atoms with Crippen LogP contribution in [-0.4, -0.2) is 35.9 Å². The third-order valence-corrected chi connectivity index (χ3v) is 5.32. The standard InChI is InChI=1S/C26H36N2O3/c1-5-7-17-27-26(30)24(6-2)28(18-21-11-9-8-10-12-21)25(29)19-31-23-15-13-22(14-16-23)20(3)4/h8-16,20,24H,5-7,17-19H2,1-4H3,(H,27,30)/t24-/m0/s1. The van der Waals surface area contributed by atoms with Crippen molar-refractivity contribution in [2.45, 2.75) is 65.5 Å². The van der Waals surface area contributed by atoms with Crippen LogP contribution in [0.5, 0.6) is 5.75 Å². The van der Waals surface area contributed by atoms with Crippen LogP contribution in [-0.2, 0) is 16.1 Å². The lowest BCUT2D eigenvalue weighted by atomic mass is 10.0. The molecule has 0 aliphatic heterocycles. The predicted molar refractivity (Wildman–Crippen MR) is 125 cm³/mol. The zero-order chi connectivity index (χ0) is 22.6. The van der Waals surface area contributed by atoms with Crippen molar-refractivity contribution in [3.63, 3.8) is 0 Å². The van der Waals surface area contributed by atoms with Crippen LogP contribution in [0.3, 0.4) is 0 Å². The molecule has 0 spiro atoms. The Labute approximate surface area is 186 Å². The number of benzene rings is 2. The van der Waals surface area contributed by atoms with Gasteiger partial charge >= 0.3 is 0 Å². The molecule has 168 valence electrons. The molecule has 2 amide bonds. The number of hydrogen-bond acceptors (Lipinski definition) is 3. The molecule has 0 aromatic heterocycles. The highest BCUT2D eigenvalue weighted by molar-refractivity contribution is 5.88. The zero-order valence-corrected chi connectivity index (χ0v) is 19.3. The highest BCUT2D eigenvalue weighted by Gasteiger charge is 2.28. The Balaban J connectivity index is 2.11. The van der Waals surface area contributed by atoms with Gasteiger partial charge in [-0.3, -0.25) is 9.59 Å². The molecule has 1 N–H and O–H groups in total. The van der Waals surface area contributed by atoms with Crippen LogP contribution in [0, 0.1) is 0 Å². The first-order chi connectivity index (χ1) is 15.0. The molecule has 0 aliphatic carbocycles. The van der Waals surface area contributed by atoms with E-state index in [2.05, 4.69) is 26.1 Å². The van der Waals surface area contributed by atoms with E-state index in [0.717, 1.165) is 18.4 Å². The normalized spacial score (nSPS) is 11.8. The summed E-state index contributed by atoms with van der Waals surface area (Å²) in [6, 6.07) is 17.0. The van der Waals surface area contributed by atoms with Crippen LogP contribution in [0.15, 0.2) is 54.6 Å². The summed E-state index contributed by atoms with van der Waals surface area (Å²) in [4.78, 5) is 27.6. The van der Waals surface area contributed by atoms with Gasteiger partial charge in [0.2, 0.25) is 5.91 Å². The van der Waals surface area contributed by atoms with Crippen molar-refractivity contribution in [2.75, 3.05) is 13.2 Å². The summed E-state index contributed by atoms with van der Waals surface area (Å²) >= 11 is 0. The van der Waals surface area contributed by atoms with Crippen molar-refractivity contribution in [2.24, 2.45) is 0 Å². The second-order valence-corrected chi connectivity index (χ2v) is 8.09. The summed E-state index contributed by atoms with van der Waals surface area (Å²) in [5, 5.41) is 2.97. The third kappa shape index (κ3) is 7.74. The van der Waals surface area contributed by atoms with Gasteiger partial charge in [0.15, 0.2) is 6.61 Å². The van der Waals surface area contributed by atoms with E-state index in [1.165, 1.54) is 5.56 Å². The zero-order valence-electron chi connectivity index (χ0n) is 19.3. The number of rotatable bonds is 12. The fourth-order valence-corrected chi connectivity index (χ4v) is 3.38. The SMILES string of the molecule is CCCCNC(=O)[C@H](CC)N(Cc1ccccc1)C(=O)COc1ccc(C(C)C)cc1. The van der Waals surface area contributed by atoms with Crippen molar-refractivity contribution in [1.29, 1.82) is 0 Å². The van der Waals surface area contributed by atoms with E-state index in [4.69, 9.17) is 4.74 Å². The maximum atomic E-state index is 13.2. The van der Waals surface area contributed by atoms with E-state index in [1.54, 1.807) is 4.90 Å². The summed E-state index contributed by atoms with van der Waals surface area (Å²) in [6.07, 6.45) is 2.47. The van der Waals surface area contributed by atoms with Crippen molar-refractivity contribution in [1.82, 2.24) is 10.2 Å². The maximum absolute atomic E-state index is 13.2. The Kier molecular flexibility index (Phi) is 10.1. The molecule has 2 aromatic carbocycles. The number of hydrogen-bond donors (Lipinski definition) is 1. The summed E-state index contributed by atoms with van der Waals surface area (Å²) in [5.41, 5.74) is 2.20. The van der Waals surface area contributed by atoms with E-state index in [9.17, 15) is 9.59 Å². The Morgan fingerprint density at radius 2 is 1.68 bits per heavy atom. The van der Waals surface area contributed by atoms with Gasteiger partial charge in [-0.05, 0) is 42.0 Å². The van der Waals surface area contributed by atoms with Crippen molar-refractivity contribution < 1.29 is 14.3 Å². The van der Waals surface area contributed by atoms with E-state index in [0.29, 0.717) is 31.2 Å². The van der Waals surface area contributed by atoms with E-state index >= 15 is 0 Å². The molecular formula is C26H36N2O3. The molecule has 0 radical (unpaired) electrons. The molecule has 0 heterocycles. The molecule has 0 bridgehead atoms. The number of carbonyl (C=O) groups is 2. The van der Waals surface area contributed by atoms with Gasteiger partial charge in [-0.1, -0.05) is 76.6 Å². The molecule has 0 fully saturated rings. The first-order valence-electron chi connectivity index (χ1n) is 11.3. The van der Waals surface area contributed by atoms with Crippen molar-refractivity contribution in [3.05, 3.63) is 65.7 Å². The molecular weight excluding hydrogens is 388 g/mol. The van der Waals surface area contributed by atoms with Crippen LogP contribution in [0.2, 0.25) is 0 Å². The second kappa shape index (κ2) is 12.8. The molecule has 0 saturated carbocycles. The number of nitrogens with one attached hydrogen (secondary N) is 1. The van der Waals surface area contributed by atoms with E-state index < -0.39 is 6.04 Å². The lowest BCUT2D eigenvalue weighted by Crippen LogP contribution is -2.50. The summed E-state index contributed by atoms with van der Waals surface area (Å²) in [5.74, 6) is 0.780. The monoisotopic (exact) mass is 424 g/mol. The van der Waals surface area contributed by atoms with Gasteiger partial charge in [0.05, 0.1) is 0 Å². The van der Waals surface area contributed by atoms with Gasteiger partial charge in [0.1, 0.15) is 11.8 Å². The van der Waals surface area contributed by atoms with E-state index in [1.807, 2.05) is 61.5 Å². The van der Waals surface area contributed by atoms with Gasteiger partial charge in [-0.2, -0.15) is 0 Å². The molecule has 31 heavy (non-hydrogen) atoms. The molecule has 5 heteroatoms. The Bertz CT molecular complexity index is 803. The molecule has 0 saturated heterocycles. The predicted octanol–water partition coefficient (Wildman–Crippen LogP) is 4.91. The fraction of sp³-hybridized carbons (Fsp3) is 0.462. The van der Waals surface area contributed by atoms with Crippen LogP contribution < -0.4 is 10.1 Å². The summed E-state index contributed by atoms with van der Waals surface area (Å²) in [7, 11) is 0. The number of carbonyl (C=O) groups excluding carboxylic acids is 2. The molecule has 0 aliphatic rings. The van der Waals surface area contributed by atoms with Gasteiger partial charge in [0, 0.05) is 13.1 Å². The average molecular weight is 425 g/mol. The minimum absolute atomic E-state index is 0.105. The molecule has 5 nitrogen and oxygen atoms in total. The summed E-state index contributed by atoms with van der Waals surface area (Å²) < 4.78 is 5.77. The molecule has 2 rings (SSSR count). The van der Waals surface area contributed by atoms with Crippen LogP contribution in [0.25, 0.3) is 0 Å². The third-order valence-electron chi connectivity index (χ3n) is 5.32. The first kappa shape index (κ1) is 24.4. The van der Waals surface area contributed by atoms with Gasteiger partial charge in [-0.25, -0.2) is 0 Å². The van der Waals surface area contributed by atoms with Gasteiger partial charge < -0.3 is 15.0 Å². The van der Waals surface area contributed by atoms with Crippen LogP contribution >= 0.6 is 0 Å². The highest BCUT2D eigenvalue weighted by Crippen LogP contribution is 2.19. The van der Waals surface area contributed by atoms with Gasteiger partial charge in [0.25, 0.3) is 5.91 Å². The van der Waals surface area contributed by atoms with Gasteiger partial charge in [-0.15, -0.1) is 0 Å². The minimum Gasteiger partial charge on any atom is -0.484 e. The summed E-state index contributed by atoms with van der Waals surface area (Å²) in [6.45, 7) is 9.18. The number of unbranched alkanes of at least 4 members (excludes halogenated alkanes) is 1. The van der Waals surface area contributed by atoms with Crippen LogP contribution in [0.1, 0.15) is 64.0 Å². The molecule has 1 atom stereocenters. The van der Waals surface area contributed by atoms with Crippen LogP contribution in [0.4, 0.5) is 0 Å². The number of nitrogens with zero attached hydrogens (tertiary/aromatic N) is 1. The fourth-order valence-electron chi connectivity index (χ4n) is 3.38. The first-order valence-corrected chi connectivity index (χ1v) is 11.3. The smallest absolute Gasteiger partial charge is 0.261 e. The minimum atomic E-state index is -0.531. The quantitative estimate of drug-likeness (QED) is 0.493. The second-order valence-electron chi connectivity index (χ2n) is 8.09. The number of amides is 2. The molecule has 0 unspecified atom stereocenters. The Hall–Kier alpha value is -2.82. The van der Waals surface area contributed by atoms with Crippen molar-refractivity contribution in [3.8, 4) is 5.75 Å². The average Bonchev–Trinajstić information content (AvgIpc) is 2.78. The topological polar surface area (TPSA) is 58.6 Å². The lowest BCUT2D eigenvalue weighted by molar-refractivity contribution is -0.143. The lowest BCUT2D eigenvalue weighted by Gasteiger charge is -2.30. The highest BCUT2D eigenvalue weighted by atomic mass is 16.5. The molecule has 2 aromatic rings. The van der Waals surface area contributed by atoms with Crippen molar-refractivity contribution >= 4 is 11.8 Å². The Morgan fingerprint density at radius 1 is 1.00 bits per heavy atom. The Morgan fingerprint density at radius 3 is 2.26 bits per heavy atom. The largest absolute Gasteiger partial charge is 0.484 e. The number of ether oxygens (including phenoxy) is 1. The van der Waals surface area contributed by atoms with E-state index in [-0.39, 0.29) is 18.4 Å². The maximum Gasteiger partial charge on any atom is 0.261 e.